The molecule has 3 heterocycles. The van der Waals surface area contributed by atoms with E-state index in [0.717, 1.165) is 11.4 Å². The van der Waals surface area contributed by atoms with Gasteiger partial charge in [0, 0.05) is 36.3 Å². The van der Waals surface area contributed by atoms with Crippen LogP contribution in [0.5, 0.6) is 0 Å². The molecule has 0 saturated carbocycles. The highest BCUT2D eigenvalue weighted by atomic mass is 16.5. The van der Waals surface area contributed by atoms with Crippen LogP contribution in [0.15, 0.2) is 41.4 Å². The topological polar surface area (TPSA) is 98.7 Å². The van der Waals surface area contributed by atoms with E-state index in [-0.39, 0.29) is 24.4 Å². The van der Waals surface area contributed by atoms with Gasteiger partial charge < -0.3 is 14.4 Å². The number of hydrogen-bond donors (Lipinski definition) is 1. The molecule has 1 N–H and O–H groups in total. The number of rotatable bonds is 6. The van der Waals surface area contributed by atoms with Gasteiger partial charge in [0.25, 0.3) is 0 Å². The zero-order chi connectivity index (χ0) is 17.8. The van der Waals surface area contributed by atoms with Crippen molar-refractivity contribution in [1.82, 2.24) is 30.0 Å². The van der Waals surface area contributed by atoms with Gasteiger partial charge in [0.2, 0.25) is 17.6 Å². The Morgan fingerprint density at radius 1 is 1.32 bits per heavy atom. The Morgan fingerprint density at radius 2 is 2.16 bits per heavy atom. The molecule has 3 aromatic heterocycles. The third kappa shape index (κ3) is 3.73. The lowest BCUT2D eigenvalue weighted by Gasteiger charge is -2.17. The molecular formula is C17H20N6O2. The van der Waals surface area contributed by atoms with Crippen molar-refractivity contribution < 1.29 is 9.32 Å². The second-order valence-electron chi connectivity index (χ2n) is 5.99. The average Bonchev–Trinajstić information content (AvgIpc) is 3.29. The van der Waals surface area contributed by atoms with Crippen LogP contribution < -0.4 is 5.32 Å². The number of amides is 1. The molecule has 130 valence electrons. The summed E-state index contributed by atoms with van der Waals surface area (Å²) in [5, 5.41) is 6.72. The van der Waals surface area contributed by atoms with E-state index in [9.17, 15) is 4.79 Å². The second-order valence-corrected chi connectivity index (χ2v) is 5.99. The summed E-state index contributed by atoms with van der Waals surface area (Å²) >= 11 is 0. The number of imidazole rings is 1. The molecule has 3 rings (SSSR count). The van der Waals surface area contributed by atoms with Crippen molar-refractivity contribution in [3.8, 4) is 11.4 Å². The Morgan fingerprint density at radius 3 is 2.88 bits per heavy atom. The molecule has 25 heavy (non-hydrogen) atoms. The zero-order valence-electron chi connectivity index (χ0n) is 14.4. The van der Waals surface area contributed by atoms with Crippen molar-refractivity contribution in [3.05, 3.63) is 48.6 Å². The van der Waals surface area contributed by atoms with E-state index >= 15 is 0 Å². The van der Waals surface area contributed by atoms with Gasteiger partial charge in [-0.15, -0.1) is 0 Å². The van der Waals surface area contributed by atoms with Gasteiger partial charge >= 0.3 is 0 Å². The molecule has 0 bridgehead atoms. The third-order valence-electron chi connectivity index (χ3n) is 3.81. The molecule has 0 radical (unpaired) electrons. The maximum absolute atomic E-state index is 12.4. The van der Waals surface area contributed by atoms with Crippen LogP contribution in [-0.2, 0) is 11.3 Å². The molecule has 0 fully saturated rings. The maximum atomic E-state index is 12.4. The van der Waals surface area contributed by atoms with Crippen LogP contribution in [0.3, 0.4) is 0 Å². The summed E-state index contributed by atoms with van der Waals surface area (Å²) in [4.78, 5) is 25.0. The highest BCUT2D eigenvalue weighted by Gasteiger charge is 2.19. The lowest BCUT2D eigenvalue weighted by Crippen LogP contribution is -2.31. The highest BCUT2D eigenvalue weighted by molar-refractivity contribution is 5.79. The minimum atomic E-state index is -0.374. The number of carbonyl (C=O) groups is 1. The van der Waals surface area contributed by atoms with Gasteiger partial charge in [-0.05, 0) is 19.1 Å². The molecule has 3 aromatic rings. The van der Waals surface area contributed by atoms with Crippen LogP contribution in [0.25, 0.3) is 11.4 Å². The predicted octanol–water partition coefficient (Wildman–Crippen LogP) is 2.33. The standard InChI is InChI=1S/C17H20N6O2/c1-11(2)16-19-7-8-23(16)12(3)17(24)20-10-14-21-15(22-25-14)13-5-4-6-18-9-13/h4-9,11-12H,10H2,1-3H3,(H,20,24). The summed E-state index contributed by atoms with van der Waals surface area (Å²) in [5.41, 5.74) is 0.761. The molecule has 0 spiro atoms. The Balaban J connectivity index is 1.63. The number of pyridine rings is 1. The largest absolute Gasteiger partial charge is 0.345 e. The first-order valence-electron chi connectivity index (χ1n) is 8.09. The molecule has 0 aliphatic rings. The van der Waals surface area contributed by atoms with Crippen molar-refractivity contribution >= 4 is 5.91 Å². The predicted molar refractivity (Wildman–Crippen MR) is 90.4 cm³/mol. The fourth-order valence-electron chi connectivity index (χ4n) is 2.47. The lowest BCUT2D eigenvalue weighted by molar-refractivity contribution is -0.124. The van der Waals surface area contributed by atoms with E-state index < -0.39 is 0 Å². The molecule has 8 nitrogen and oxygen atoms in total. The van der Waals surface area contributed by atoms with E-state index in [1.54, 1.807) is 24.7 Å². The molecule has 0 aliphatic heterocycles. The summed E-state index contributed by atoms with van der Waals surface area (Å²) in [5.74, 6) is 1.76. The van der Waals surface area contributed by atoms with Crippen LogP contribution in [-0.4, -0.2) is 30.6 Å². The number of nitrogens with one attached hydrogen (secondary N) is 1. The Bertz CT molecular complexity index is 840. The summed E-state index contributed by atoms with van der Waals surface area (Å²) in [6.07, 6.45) is 6.85. The summed E-state index contributed by atoms with van der Waals surface area (Å²) in [6.45, 7) is 6.09. The van der Waals surface area contributed by atoms with Crippen molar-refractivity contribution in [1.29, 1.82) is 0 Å². The van der Waals surface area contributed by atoms with Gasteiger partial charge in [0.05, 0.1) is 6.54 Å². The van der Waals surface area contributed by atoms with E-state index in [1.807, 2.05) is 37.6 Å². The molecule has 8 heteroatoms. The van der Waals surface area contributed by atoms with Crippen LogP contribution in [0.1, 0.15) is 44.4 Å². The number of nitrogens with zero attached hydrogens (tertiary/aromatic N) is 5. The van der Waals surface area contributed by atoms with Crippen molar-refractivity contribution in [2.75, 3.05) is 0 Å². The van der Waals surface area contributed by atoms with E-state index in [4.69, 9.17) is 4.52 Å². The van der Waals surface area contributed by atoms with E-state index in [1.165, 1.54) is 0 Å². The van der Waals surface area contributed by atoms with Crippen LogP contribution in [0.2, 0.25) is 0 Å². The van der Waals surface area contributed by atoms with Crippen LogP contribution >= 0.6 is 0 Å². The molecule has 0 aliphatic carbocycles. The first kappa shape index (κ1) is 16.8. The fourth-order valence-corrected chi connectivity index (χ4v) is 2.47. The Labute approximate surface area is 145 Å². The summed E-state index contributed by atoms with van der Waals surface area (Å²) in [6, 6.07) is 3.27. The van der Waals surface area contributed by atoms with E-state index in [2.05, 4.69) is 25.4 Å². The number of aromatic nitrogens is 5. The first-order chi connectivity index (χ1) is 12.1. The van der Waals surface area contributed by atoms with Crippen LogP contribution in [0.4, 0.5) is 0 Å². The monoisotopic (exact) mass is 340 g/mol. The SMILES string of the molecule is CC(C)c1nccn1C(C)C(=O)NCc1nc(-c2cccnc2)no1. The van der Waals surface area contributed by atoms with Crippen molar-refractivity contribution in [2.24, 2.45) is 0 Å². The molecule has 1 atom stereocenters. The smallest absolute Gasteiger partial charge is 0.246 e. The molecule has 0 saturated heterocycles. The minimum absolute atomic E-state index is 0.138. The lowest BCUT2D eigenvalue weighted by atomic mass is 10.2. The third-order valence-corrected chi connectivity index (χ3v) is 3.81. The quantitative estimate of drug-likeness (QED) is 0.739. The fraction of sp³-hybridized carbons (Fsp3) is 0.353. The van der Waals surface area contributed by atoms with E-state index in [0.29, 0.717) is 11.7 Å². The van der Waals surface area contributed by atoms with Gasteiger partial charge in [0.15, 0.2) is 0 Å². The minimum Gasteiger partial charge on any atom is -0.345 e. The Hall–Kier alpha value is -3.03. The normalized spacial score (nSPS) is 12.3. The molecular weight excluding hydrogens is 320 g/mol. The maximum Gasteiger partial charge on any atom is 0.246 e. The molecule has 0 aromatic carbocycles. The zero-order valence-corrected chi connectivity index (χ0v) is 14.4. The number of carbonyl (C=O) groups excluding carboxylic acids is 1. The van der Waals surface area contributed by atoms with Gasteiger partial charge in [-0.2, -0.15) is 4.98 Å². The average molecular weight is 340 g/mol. The summed E-state index contributed by atoms with van der Waals surface area (Å²) < 4.78 is 7.05. The first-order valence-corrected chi connectivity index (χ1v) is 8.09. The van der Waals surface area contributed by atoms with Crippen LogP contribution in [0, 0.1) is 0 Å². The van der Waals surface area contributed by atoms with Crippen molar-refractivity contribution in [2.45, 2.75) is 39.3 Å². The Kier molecular flexibility index (Phi) is 4.87. The van der Waals surface area contributed by atoms with Crippen molar-refractivity contribution in [3.63, 3.8) is 0 Å². The highest BCUT2D eigenvalue weighted by Crippen LogP contribution is 2.17. The second kappa shape index (κ2) is 7.25. The molecule has 1 amide bonds. The van der Waals surface area contributed by atoms with Gasteiger partial charge in [-0.25, -0.2) is 4.98 Å². The van der Waals surface area contributed by atoms with Gasteiger partial charge in [-0.3, -0.25) is 9.78 Å². The van der Waals surface area contributed by atoms with Gasteiger partial charge in [0.1, 0.15) is 11.9 Å². The molecule has 1 unspecified atom stereocenters. The van der Waals surface area contributed by atoms with Gasteiger partial charge in [-0.1, -0.05) is 19.0 Å². The summed E-state index contributed by atoms with van der Waals surface area (Å²) in [7, 11) is 0. The number of hydrogen-bond acceptors (Lipinski definition) is 6.